The minimum absolute atomic E-state index is 0.245. The molecule has 0 aliphatic rings. The van der Waals surface area contributed by atoms with Crippen molar-refractivity contribution in [2.75, 3.05) is 0 Å². The quantitative estimate of drug-likeness (QED) is 0.681. The SMILES string of the molecule is CC(C)n1c(-c2ccccc2Cl)nc2cc(C#N)ccc21. The Hall–Kier alpha value is -2.31. The lowest BCUT2D eigenvalue weighted by Crippen LogP contribution is -2.03. The molecule has 1 aromatic heterocycles. The summed E-state index contributed by atoms with van der Waals surface area (Å²) in [6.07, 6.45) is 0. The molecule has 104 valence electrons. The zero-order valence-electron chi connectivity index (χ0n) is 11.8. The predicted octanol–water partition coefficient (Wildman–Crippen LogP) is 4.81. The van der Waals surface area contributed by atoms with Crippen molar-refractivity contribution >= 4 is 22.6 Å². The number of nitrogens with zero attached hydrogens (tertiary/aromatic N) is 3. The molecular weight excluding hydrogens is 282 g/mol. The third kappa shape index (κ3) is 2.28. The zero-order chi connectivity index (χ0) is 15.0. The molecule has 0 N–H and O–H groups in total. The van der Waals surface area contributed by atoms with Gasteiger partial charge in [-0.1, -0.05) is 23.7 Å². The van der Waals surface area contributed by atoms with Crippen LogP contribution >= 0.6 is 11.6 Å². The van der Waals surface area contributed by atoms with E-state index in [0.29, 0.717) is 10.6 Å². The summed E-state index contributed by atoms with van der Waals surface area (Å²) >= 11 is 6.32. The van der Waals surface area contributed by atoms with Gasteiger partial charge in [-0.05, 0) is 44.2 Å². The number of imidazole rings is 1. The fourth-order valence-corrected chi connectivity index (χ4v) is 2.74. The van der Waals surface area contributed by atoms with E-state index in [4.69, 9.17) is 21.8 Å². The molecule has 0 atom stereocenters. The Morgan fingerprint density at radius 3 is 2.62 bits per heavy atom. The van der Waals surface area contributed by atoms with Gasteiger partial charge in [0.15, 0.2) is 0 Å². The van der Waals surface area contributed by atoms with Crippen molar-refractivity contribution < 1.29 is 0 Å². The van der Waals surface area contributed by atoms with Gasteiger partial charge in [0.1, 0.15) is 5.82 Å². The van der Waals surface area contributed by atoms with Crippen LogP contribution in [0.1, 0.15) is 25.5 Å². The molecule has 3 aromatic rings. The molecule has 0 amide bonds. The van der Waals surface area contributed by atoms with Crippen LogP contribution in [-0.2, 0) is 0 Å². The largest absolute Gasteiger partial charge is 0.321 e. The predicted molar refractivity (Wildman–Crippen MR) is 85.3 cm³/mol. The smallest absolute Gasteiger partial charge is 0.142 e. The molecule has 1 heterocycles. The summed E-state index contributed by atoms with van der Waals surface area (Å²) in [5.41, 5.74) is 3.35. The molecule has 0 fully saturated rings. The van der Waals surface area contributed by atoms with E-state index < -0.39 is 0 Å². The average Bonchev–Trinajstić information content (AvgIpc) is 2.85. The Morgan fingerprint density at radius 2 is 1.95 bits per heavy atom. The third-order valence-corrected chi connectivity index (χ3v) is 3.78. The summed E-state index contributed by atoms with van der Waals surface area (Å²) in [7, 11) is 0. The van der Waals surface area contributed by atoms with E-state index >= 15 is 0 Å². The molecular formula is C17H14ClN3. The second-order valence-corrected chi connectivity index (χ2v) is 5.60. The van der Waals surface area contributed by atoms with Crippen molar-refractivity contribution in [1.82, 2.24) is 9.55 Å². The summed E-state index contributed by atoms with van der Waals surface area (Å²) < 4.78 is 2.15. The number of hydrogen-bond acceptors (Lipinski definition) is 2. The number of hydrogen-bond donors (Lipinski definition) is 0. The molecule has 4 heteroatoms. The molecule has 3 nitrogen and oxygen atoms in total. The van der Waals surface area contributed by atoms with Crippen molar-refractivity contribution in [3.8, 4) is 17.5 Å². The average molecular weight is 296 g/mol. The highest BCUT2D eigenvalue weighted by atomic mass is 35.5. The standard InChI is InChI=1S/C17H14ClN3/c1-11(2)21-16-8-7-12(10-19)9-15(16)20-17(21)13-5-3-4-6-14(13)18/h3-9,11H,1-2H3. The van der Waals surface area contributed by atoms with Gasteiger partial charge in [0.05, 0.1) is 27.7 Å². The van der Waals surface area contributed by atoms with Gasteiger partial charge in [0, 0.05) is 11.6 Å². The minimum atomic E-state index is 0.245. The molecule has 0 saturated carbocycles. The summed E-state index contributed by atoms with van der Waals surface area (Å²) in [5.74, 6) is 0.834. The van der Waals surface area contributed by atoms with Crippen LogP contribution in [0.2, 0.25) is 5.02 Å². The van der Waals surface area contributed by atoms with Gasteiger partial charge in [-0.3, -0.25) is 0 Å². The van der Waals surface area contributed by atoms with Crippen LogP contribution in [0.4, 0.5) is 0 Å². The Balaban J connectivity index is 2.35. The maximum Gasteiger partial charge on any atom is 0.142 e. The fraction of sp³-hybridized carbons (Fsp3) is 0.176. The minimum Gasteiger partial charge on any atom is -0.321 e. The Labute approximate surface area is 128 Å². The van der Waals surface area contributed by atoms with Crippen molar-refractivity contribution in [2.45, 2.75) is 19.9 Å². The van der Waals surface area contributed by atoms with E-state index in [1.54, 1.807) is 0 Å². The van der Waals surface area contributed by atoms with E-state index in [9.17, 15) is 0 Å². The molecule has 0 saturated heterocycles. The first-order valence-electron chi connectivity index (χ1n) is 6.79. The highest BCUT2D eigenvalue weighted by Crippen LogP contribution is 2.32. The fourth-order valence-electron chi connectivity index (χ4n) is 2.52. The molecule has 0 bridgehead atoms. The maximum absolute atomic E-state index is 9.04. The number of halogens is 1. The van der Waals surface area contributed by atoms with Crippen LogP contribution in [0, 0.1) is 11.3 Å². The van der Waals surface area contributed by atoms with Gasteiger partial charge < -0.3 is 4.57 Å². The molecule has 0 unspecified atom stereocenters. The molecule has 0 radical (unpaired) electrons. The molecule has 21 heavy (non-hydrogen) atoms. The monoisotopic (exact) mass is 295 g/mol. The maximum atomic E-state index is 9.04. The summed E-state index contributed by atoms with van der Waals surface area (Å²) in [6, 6.07) is 15.7. The first-order valence-corrected chi connectivity index (χ1v) is 7.16. The molecule has 2 aromatic carbocycles. The number of nitriles is 1. The van der Waals surface area contributed by atoms with E-state index in [0.717, 1.165) is 22.4 Å². The number of benzene rings is 2. The first kappa shape index (κ1) is 13.7. The lowest BCUT2D eigenvalue weighted by Gasteiger charge is -2.13. The molecule has 0 aliphatic heterocycles. The summed E-state index contributed by atoms with van der Waals surface area (Å²) in [4.78, 5) is 4.70. The summed E-state index contributed by atoms with van der Waals surface area (Å²) in [5, 5.41) is 9.71. The number of rotatable bonds is 2. The van der Waals surface area contributed by atoms with E-state index in [-0.39, 0.29) is 6.04 Å². The van der Waals surface area contributed by atoms with E-state index in [2.05, 4.69) is 24.5 Å². The van der Waals surface area contributed by atoms with Crippen LogP contribution in [0.3, 0.4) is 0 Å². The molecule has 0 spiro atoms. The highest BCUT2D eigenvalue weighted by molar-refractivity contribution is 6.33. The topological polar surface area (TPSA) is 41.6 Å². The van der Waals surface area contributed by atoms with Gasteiger partial charge in [-0.15, -0.1) is 0 Å². The van der Waals surface area contributed by atoms with Gasteiger partial charge >= 0.3 is 0 Å². The molecule has 0 aliphatic carbocycles. The Kier molecular flexibility index (Phi) is 3.40. The molecule has 3 rings (SSSR count). The second-order valence-electron chi connectivity index (χ2n) is 5.19. The van der Waals surface area contributed by atoms with Gasteiger partial charge in [0.2, 0.25) is 0 Å². The van der Waals surface area contributed by atoms with Gasteiger partial charge in [-0.2, -0.15) is 5.26 Å². The van der Waals surface area contributed by atoms with Crippen LogP contribution in [-0.4, -0.2) is 9.55 Å². The number of aromatic nitrogens is 2. The van der Waals surface area contributed by atoms with Crippen LogP contribution in [0.15, 0.2) is 42.5 Å². The third-order valence-electron chi connectivity index (χ3n) is 3.45. The highest BCUT2D eigenvalue weighted by Gasteiger charge is 2.16. The lowest BCUT2D eigenvalue weighted by molar-refractivity contribution is 0.624. The lowest BCUT2D eigenvalue weighted by atomic mass is 10.2. The second kappa shape index (κ2) is 5.23. The number of fused-ring (bicyclic) bond motifs is 1. The van der Waals surface area contributed by atoms with E-state index in [1.807, 2.05) is 42.5 Å². The summed E-state index contributed by atoms with van der Waals surface area (Å²) in [6.45, 7) is 4.22. The van der Waals surface area contributed by atoms with Crippen molar-refractivity contribution in [1.29, 1.82) is 5.26 Å². The normalized spacial score (nSPS) is 11.0. The zero-order valence-corrected chi connectivity index (χ0v) is 12.6. The van der Waals surface area contributed by atoms with Gasteiger partial charge in [0.25, 0.3) is 0 Å². The van der Waals surface area contributed by atoms with E-state index in [1.165, 1.54) is 0 Å². The van der Waals surface area contributed by atoms with Gasteiger partial charge in [-0.25, -0.2) is 4.98 Å². The van der Waals surface area contributed by atoms with Crippen molar-refractivity contribution in [3.05, 3.63) is 53.1 Å². The first-order chi connectivity index (χ1) is 10.1. The van der Waals surface area contributed by atoms with Crippen LogP contribution in [0.5, 0.6) is 0 Å². The van der Waals surface area contributed by atoms with Crippen molar-refractivity contribution in [3.63, 3.8) is 0 Å². The van der Waals surface area contributed by atoms with Crippen LogP contribution < -0.4 is 0 Å². The van der Waals surface area contributed by atoms with Crippen molar-refractivity contribution in [2.24, 2.45) is 0 Å². The Morgan fingerprint density at radius 1 is 1.19 bits per heavy atom. The van der Waals surface area contributed by atoms with Crippen LogP contribution in [0.25, 0.3) is 22.4 Å². The Bertz CT molecular complexity index is 856.